The standard InChI is InChI=1S/C50H62I9N7O22/c1-5-6-7-23(79)65(38-29(53)24(47(85)62(2)8-17(73)11-67)27(51)36(33(38)57)60-45(83)42(80)20(76)14-70)40-31(55)26(49(87)64(4)10-19(75)13-69)32(56)41(35(40)59)66(50(88)44(82)22(78)16-72)39-30(54)25(48(86)63(3)9-18(74)12-68)28(52)37(34(39)58)61-46(84)43(81)21(77)15-71/h17-22,42-44,67-78,80-82H,5-16H2,1-4H3,(H,60,83)(H,61,84). The largest absolute Gasteiger partial charge is 0.394 e. The molecule has 3 aromatic rings. The van der Waals surface area contributed by atoms with Crippen molar-refractivity contribution in [3.8, 4) is 0 Å². The van der Waals surface area contributed by atoms with Crippen molar-refractivity contribution in [2.45, 2.75) is 81.1 Å². The summed E-state index contributed by atoms with van der Waals surface area (Å²) in [6.45, 7) is -5.74. The van der Waals surface area contributed by atoms with Gasteiger partial charge in [0.25, 0.3) is 35.4 Å². The van der Waals surface area contributed by atoms with Crippen molar-refractivity contribution in [3.63, 3.8) is 0 Å². The van der Waals surface area contributed by atoms with Gasteiger partial charge in [0, 0.05) is 47.2 Å². The quantitative estimate of drug-likeness (QED) is 0.0389. The molecule has 0 aliphatic carbocycles. The van der Waals surface area contributed by atoms with E-state index >= 15 is 14.4 Å². The molecule has 88 heavy (non-hydrogen) atoms. The average Bonchev–Trinajstić information content (AvgIpc) is 0.733. The van der Waals surface area contributed by atoms with Crippen LogP contribution in [0.1, 0.15) is 57.3 Å². The second-order valence-corrected chi connectivity index (χ2v) is 28.9. The number of carbonyl (C=O) groups excluding carboxylic acids is 7. The summed E-state index contributed by atoms with van der Waals surface area (Å²) in [7, 11) is 3.72. The number of hydrogen-bond donors (Lipinski definition) is 17. The molecular formula is C50H62I9N7O22. The van der Waals surface area contributed by atoms with Crippen molar-refractivity contribution in [2.75, 3.05) is 101 Å². The minimum atomic E-state index is -2.64. The minimum Gasteiger partial charge on any atom is -0.394 e. The Hall–Kier alpha value is -0.0800. The molecule has 0 radical (unpaired) electrons. The van der Waals surface area contributed by atoms with Crippen LogP contribution in [0.4, 0.5) is 34.1 Å². The average molecular weight is 2260 g/mol. The van der Waals surface area contributed by atoms with E-state index in [-0.39, 0.29) is 67.6 Å². The molecule has 9 atom stereocenters. The molecule has 0 saturated carbocycles. The van der Waals surface area contributed by atoms with E-state index < -0.39 is 184 Å². The first kappa shape index (κ1) is 82.2. The molecule has 3 rings (SSSR count). The van der Waals surface area contributed by atoms with E-state index in [9.17, 15) is 95.8 Å². The molecule has 0 aliphatic rings. The van der Waals surface area contributed by atoms with Crippen LogP contribution in [0.15, 0.2) is 0 Å². The highest BCUT2D eigenvalue weighted by Crippen LogP contribution is 2.53. The molecule has 0 spiro atoms. The topological polar surface area (TPSA) is 463 Å². The lowest BCUT2D eigenvalue weighted by atomic mass is 10.0. The Kier molecular flexibility index (Phi) is 34.9. The number of halogens is 9. The van der Waals surface area contributed by atoms with Crippen LogP contribution < -0.4 is 20.4 Å². The molecule has 3 aromatic carbocycles. The van der Waals surface area contributed by atoms with Crippen LogP contribution in [0.5, 0.6) is 0 Å². The number of nitrogens with one attached hydrogen (secondary N) is 2. The van der Waals surface area contributed by atoms with Crippen LogP contribution in [0.3, 0.4) is 0 Å². The number of likely N-dealkylation sites (N-methyl/N-ethyl adjacent to an activating group) is 3. The maximum absolute atomic E-state index is 15.8. The molecule has 38 heteroatoms. The Morgan fingerprint density at radius 2 is 0.682 bits per heavy atom. The molecule has 29 nitrogen and oxygen atoms in total. The van der Waals surface area contributed by atoms with Gasteiger partial charge in [0.05, 0.1) is 141 Å². The van der Waals surface area contributed by atoms with Gasteiger partial charge in [-0.2, -0.15) is 0 Å². The molecule has 0 fully saturated rings. The molecule has 9 unspecified atom stereocenters. The van der Waals surface area contributed by atoms with Gasteiger partial charge in [0.1, 0.15) is 18.3 Å². The Morgan fingerprint density at radius 3 is 0.989 bits per heavy atom. The van der Waals surface area contributed by atoms with E-state index in [2.05, 4.69) is 10.6 Å². The van der Waals surface area contributed by atoms with Gasteiger partial charge in [-0.1, -0.05) is 13.3 Å². The molecule has 0 heterocycles. The van der Waals surface area contributed by atoms with Crippen molar-refractivity contribution >= 4 is 279 Å². The lowest BCUT2D eigenvalue weighted by Crippen LogP contribution is -2.46. The molecule has 0 aromatic heterocycles. The van der Waals surface area contributed by atoms with Gasteiger partial charge in [-0.25, -0.2) is 0 Å². The molecule has 492 valence electrons. The Labute approximate surface area is 626 Å². The second kappa shape index (κ2) is 37.4. The summed E-state index contributed by atoms with van der Waals surface area (Å²) in [5.74, 6) is -7.91. The lowest BCUT2D eigenvalue weighted by molar-refractivity contribution is -0.133. The molecule has 0 aliphatic heterocycles. The van der Waals surface area contributed by atoms with E-state index in [1.165, 1.54) is 21.1 Å². The van der Waals surface area contributed by atoms with E-state index in [1.807, 2.05) is 0 Å². The third-order valence-electron chi connectivity index (χ3n) is 12.7. The number of unbranched alkanes of at least 4 members (excludes halogenated alkanes) is 1. The summed E-state index contributed by atoms with van der Waals surface area (Å²) >= 11 is 15.2. The fraction of sp³-hybridized carbons (Fsp3) is 0.500. The van der Waals surface area contributed by atoms with Gasteiger partial charge in [-0.3, -0.25) is 43.4 Å². The summed E-state index contributed by atoms with van der Waals surface area (Å²) in [6.07, 6.45) is -18.1. The van der Waals surface area contributed by atoms with Gasteiger partial charge >= 0.3 is 0 Å². The SMILES string of the molecule is CCCCC(=O)N(c1c(I)c(NC(=O)C(O)C(O)CO)c(I)c(C(=O)N(C)CC(O)CO)c1I)c1c(I)c(C(=O)N(C)CC(O)CO)c(I)c(N(C(=O)C(O)C(O)CO)c2c(I)c(NC(=O)C(O)C(O)CO)c(I)c(C(=O)N(C)CC(O)CO)c2I)c1I. The predicted molar refractivity (Wildman–Crippen MR) is 392 cm³/mol. The zero-order chi connectivity index (χ0) is 67.4. The zero-order valence-corrected chi connectivity index (χ0v) is 65.8. The maximum atomic E-state index is 15.8. The number of nitrogens with zero attached hydrogens (tertiary/aromatic N) is 5. The van der Waals surface area contributed by atoms with E-state index in [1.54, 1.807) is 210 Å². The van der Waals surface area contributed by atoms with Crippen molar-refractivity contribution in [1.82, 2.24) is 14.7 Å². The van der Waals surface area contributed by atoms with Crippen molar-refractivity contribution in [3.05, 3.63) is 48.8 Å². The number of aliphatic hydroxyl groups excluding tert-OH is 15. The van der Waals surface area contributed by atoms with Crippen molar-refractivity contribution in [1.29, 1.82) is 0 Å². The molecule has 17 N–H and O–H groups in total. The summed E-state index contributed by atoms with van der Waals surface area (Å²) in [5, 5.41) is 161. The van der Waals surface area contributed by atoms with Crippen molar-refractivity contribution < 1.29 is 110 Å². The van der Waals surface area contributed by atoms with Gasteiger partial charge in [0.15, 0.2) is 18.3 Å². The van der Waals surface area contributed by atoms with Crippen LogP contribution in [0, 0.1) is 32.1 Å². The van der Waals surface area contributed by atoms with Gasteiger partial charge in [-0.05, 0) is 210 Å². The first-order valence-electron chi connectivity index (χ1n) is 25.5. The van der Waals surface area contributed by atoms with E-state index in [0.29, 0.717) is 11.3 Å². The number of anilines is 6. The Morgan fingerprint density at radius 1 is 0.398 bits per heavy atom. The van der Waals surface area contributed by atoms with Crippen LogP contribution in [-0.4, -0.2) is 268 Å². The third kappa shape index (κ3) is 19.1. The zero-order valence-electron chi connectivity index (χ0n) is 46.4. The van der Waals surface area contributed by atoms with Gasteiger partial charge < -0.3 is 102 Å². The Bertz CT molecular complexity index is 3090. The fourth-order valence-corrected chi connectivity index (χ4v) is 21.3. The van der Waals surface area contributed by atoms with Gasteiger partial charge in [-0.15, -0.1) is 0 Å². The minimum absolute atomic E-state index is 0.0580. The summed E-state index contributed by atoms with van der Waals surface area (Å²) in [5.41, 5.74) is -3.29. The number of benzene rings is 3. The van der Waals surface area contributed by atoms with E-state index in [0.717, 1.165) is 19.6 Å². The fourth-order valence-electron chi connectivity index (χ4n) is 7.92. The smallest absolute Gasteiger partial charge is 0.263 e. The second-order valence-electron chi connectivity index (χ2n) is 19.2. The normalized spacial score (nSPS) is 14.6. The van der Waals surface area contributed by atoms with Crippen LogP contribution >= 0.6 is 203 Å². The highest BCUT2D eigenvalue weighted by Gasteiger charge is 2.44. The lowest BCUT2D eigenvalue weighted by Gasteiger charge is -2.36. The highest BCUT2D eigenvalue weighted by molar-refractivity contribution is 14.1. The molecular weight excluding hydrogens is 2190 g/mol. The summed E-state index contributed by atoms with van der Waals surface area (Å²) < 4.78 is -1.45. The third-order valence-corrected chi connectivity index (χ3v) is 22.2. The number of amides is 7. The highest BCUT2D eigenvalue weighted by atomic mass is 127. The van der Waals surface area contributed by atoms with Crippen molar-refractivity contribution in [2.24, 2.45) is 0 Å². The maximum Gasteiger partial charge on any atom is 0.263 e. The molecule has 0 bridgehead atoms. The number of carbonyl (C=O) groups is 7. The number of rotatable bonds is 30. The van der Waals surface area contributed by atoms with Crippen LogP contribution in [-0.2, 0) is 19.2 Å². The first-order chi connectivity index (χ1) is 41.1. The Balaban J connectivity index is 3.08. The number of hydrogen-bond acceptors (Lipinski definition) is 22. The summed E-state index contributed by atoms with van der Waals surface area (Å²) in [4.78, 5) is 109. The summed E-state index contributed by atoms with van der Waals surface area (Å²) in [6, 6.07) is 0. The molecule has 7 amide bonds. The van der Waals surface area contributed by atoms with Crippen LogP contribution in [0.25, 0.3) is 0 Å². The predicted octanol–water partition coefficient (Wildman–Crippen LogP) is -0.0575. The number of aliphatic hydroxyl groups is 15. The van der Waals surface area contributed by atoms with Gasteiger partial charge in [0.2, 0.25) is 5.91 Å². The molecule has 0 saturated heterocycles. The van der Waals surface area contributed by atoms with Crippen LogP contribution in [0.2, 0.25) is 0 Å². The first-order valence-corrected chi connectivity index (χ1v) is 35.2. The monoisotopic (exact) mass is 2250 g/mol. The van der Waals surface area contributed by atoms with E-state index in [4.69, 9.17) is 0 Å².